The van der Waals surface area contributed by atoms with Crippen LogP contribution in [0.4, 0.5) is 0 Å². The van der Waals surface area contributed by atoms with Crippen molar-refractivity contribution in [2.75, 3.05) is 20.1 Å². The highest BCUT2D eigenvalue weighted by molar-refractivity contribution is 5.24. The first-order chi connectivity index (χ1) is 5.93. The molecule has 2 heteroatoms. The quantitative estimate of drug-likeness (QED) is 0.610. The van der Waals surface area contributed by atoms with E-state index in [0.717, 1.165) is 19.5 Å². The van der Waals surface area contributed by atoms with E-state index in [0.29, 0.717) is 0 Å². The molecule has 0 aliphatic heterocycles. The molecule has 1 aliphatic rings. The van der Waals surface area contributed by atoms with Gasteiger partial charge in [-0.15, -0.1) is 0 Å². The zero-order valence-corrected chi connectivity index (χ0v) is 7.51. The molecule has 0 heterocycles. The minimum absolute atomic E-state index is 0.979. The van der Waals surface area contributed by atoms with Gasteiger partial charge in [-0.05, 0) is 19.5 Å². The summed E-state index contributed by atoms with van der Waals surface area (Å²) in [6, 6.07) is 0. The van der Waals surface area contributed by atoms with Gasteiger partial charge in [0.05, 0.1) is 0 Å². The lowest BCUT2D eigenvalue weighted by atomic mass is 10.3. The lowest BCUT2D eigenvalue weighted by Gasteiger charge is -2.05. The minimum Gasteiger partial charge on any atom is -0.384 e. The van der Waals surface area contributed by atoms with E-state index in [2.05, 4.69) is 41.0 Å². The van der Waals surface area contributed by atoms with Gasteiger partial charge in [0.1, 0.15) is 0 Å². The highest BCUT2D eigenvalue weighted by Gasteiger charge is 1.90. The van der Waals surface area contributed by atoms with Crippen LogP contribution in [0.5, 0.6) is 0 Å². The van der Waals surface area contributed by atoms with Crippen LogP contribution in [0.1, 0.15) is 6.42 Å². The third-order valence-electron chi connectivity index (χ3n) is 1.70. The zero-order valence-electron chi connectivity index (χ0n) is 7.51. The molecule has 0 amide bonds. The normalized spacial score (nSPS) is 15.6. The number of likely N-dealkylation sites (N-methyl/N-ethyl adjacent to an activating group) is 1. The maximum absolute atomic E-state index is 3.33. The molecule has 0 atom stereocenters. The molecule has 0 saturated carbocycles. The molecular weight excluding hydrogens is 148 g/mol. The topological polar surface area (TPSA) is 24.1 Å². The number of allylic oxidation sites excluding steroid dienone is 5. The monoisotopic (exact) mass is 164 g/mol. The van der Waals surface area contributed by atoms with Crippen molar-refractivity contribution in [2.45, 2.75) is 6.42 Å². The summed E-state index contributed by atoms with van der Waals surface area (Å²) < 4.78 is 0. The van der Waals surface area contributed by atoms with Crippen LogP contribution < -0.4 is 10.6 Å². The van der Waals surface area contributed by atoms with Gasteiger partial charge in [0.15, 0.2) is 0 Å². The molecule has 12 heavy (non-hydrogen) atoms. The van der Waals surface area contributed by atoms with Crippen molar-refractivity contribution in [2.24, 2.45) is 0 Å². The molecule has 0 bridgehead atoms. The Hall–Kier alpha value is -1.02. The fourth-order valence-electron chi connectivity index (χ4n) is 1.04. The lowest BCUT2D eigenvalue weighted by Crippen LogP contribution is -2.23. The second-order valence-corrected chi connectivity index (χ2v) is 2.71. The molecule has 1 rings (SSSR count). The van der Waals surface area contributed by atoms with Gasteiger partial charge in [-0.25, -0.2) is 0 Å². The number of hydrogen-bond donors (Lipinski definition) is 2. The first kappa shape index (κ1) is 9.07. The molecule has 0 aromatic heterocycles. The summed E-state index contributed by atoms with van der Waals surface area (Å²) in [6.45, 7) is 1.98. The standard InChI is InChI=1S/C10H16N2/c1-11-8-9-12-10-6-4-2-3-5-7-10/h2-4,6-7,11-12H,5,8-9H2,1H3. The average molecular weight is 164 g/mol. The first-order valence-corrected chi connectivity index (χ1v) is 4.35. The van der Waals surface area contributed by atoms with Crippen LogP contribution >= 0.6 is 0 Å². The summed E-state index contributed by atoms with van der Waals surface area (Å²) >= 11 is 0. The highest BCUT2D eigenvalue weighted by Crippen LogP contribution is 2.00. The fourth-order valence-corrected chi connectivity index (χ4v) is 1.04. The Kier molecular flexibility index (Phi) is 4.24. The number of hydrogen-bond acceptors (Lipinski definition) is 2. The van der Waals surface area contributed by atoms with E-state index in [1.807, 2.05) is 7.05 Å². The summed E-state index contributed by atoms with van der Waals surface area (Å²) in [5.41, 5.74) is 1.22. The van der Waals surface area contributed by atoms with Crippen molar-refractivity contribution in [3.63, 3.8) is 0 Å². The Bertz CT molecular complexity index is 202. The summed E-state index contributed by atoms with van der Waals surface area (Å²) in [5, 5.41) is 6.43. The van der Waals surface area contributed by atoms with Crippen LogP contribution in [-0.4, -0.2) is 20.1 Å². The number of rotatable bonds is 4. The van der Waals surface area contributed by atoms with E-state index in [9.17, 15) is 0 Å². The molecule has 0 aromatic rings. The van der Waals surface area contributed by atoms with Gasteiger partial charge in [-0.1, -0.05) is 24.3 Å². The molecule has 0 radical (unpaired) electrons. The van der Waals surface area contributed by atoms with Gasteiger partial charge in [0.2, 0.25) is 0 Å². The minimum atomic E-state index is 0.979. The SMILES string of the molecule is CNCCNC1=CCC=CC=C1. The summed E-state index contributed by atoms with van der Waals surface area (Å²) in [6.07, 6.45) is 11.6. The number of nitrogens with one attached hydrogen (secondary N) is 2. The molecule has 0 saturated heterocycles. The molecule has 0 spiro atoms. The third kappa shape index (κ3) is 3.39. The molecule has 2 nitrogen and oxygen atoms in total. The fraction of sp³-hybridized carbons (Fsp3) is 0.400. The van der Waals surface area contributed by atoms with Gasteiger partial charge in [-0.3, -0.25) is 0 Å². The van der Waals surface area contributed by atoms with E-state index in [4.69, 9.17) is 0 Å². The van der Waals surface area contributed by atoms with E-state index < -0.39 is 0 Å². The Morgan fingerprint density at radius 1 is 1.33 bits per heavy atom. The zero-order chi connectivity index (χ0) is 8.65. The van der Waals surface area contributed by atoms with Crippen molar-refractivity contribution in [3.8, 4) is 0 Å². The van der Waals surface area contributed by atoms with Crippen LogP contribution in [0.3, 0.4) is 0 Å². The first-order valence-electron chi connectivity index (χ1n) is 4.35. The van der Waals surface area contributed by atoms with Crippen molar-refractivity contribution >= 4 is 0 Å². The molecular formula is C10H16N2. The van der Waals surface area contributed by atoms with Gasteiger partial charge < -0.3 is 10.6 Å². The van der Waals surface area contributed by atoms with E-state index >= 15 is 0 Å². The third-order valence-corrected chi connectivity index (χ3v) is 1.70. The average Bonchev–Trinajstić information content (AvgIpc) is 2.33. The Morgan fingerprint density at radius 2 is 2.25 bits per heavy atom. The second-order valence-electron chi connectivity index (χ2n) is 2.71. The molecule has 66 valence electrons. The molecule has 1 aliphatic carbocycles. The smallest absolute Gasteiger partial charge is 0.0303 e. The van der Waals surface area contributed by atoms with Crippen LogP contribution in [0.2, 0.25) is 0 Å². The molecule has 2 N–H and O–H groups in total. The predicted molar refractivity (Wildman–Crippen MR) is 52.9 cm³/mol. The van der Waals surface area contributed by atoms with Crippen molar-refractivity contribution in [1.82, 2.24) is 10.6 Å². The van der Waals surface area contributed by atoms with Crippen LogP contribution in [-0.2, 0) is 0 Å². The Labute approximate surface area is 74.0 Å². The summed E-state index contributed by atoms with van der Waals surface area (Å²) in [7, 11) is 1.96. The van der Waals surface area contributed by atoms with Crippen LogP contribution in [0.15, 0.2) is 36.1 Å². The van der Waals surface area contributed by atoms with E-state index in [1.165, 1.54) is 5.70 Å². The van der Waals surface area contributed by atoms with Gasteiger partial charge in [0.25, 0.3) is 0 Å². The van der Waals surface area contributed by atoms with Crippen molar-refractivity contribution in [3.05, 3.63) is 36.1 Å². The van der Waals surface area contributed by atoms with Crippen LogP contribution in [0, 0.1) is 0 Å². The van der Waals surface area contributed by atoms with Crippen molar-refractivity contribution < 1.29 is 0 Å². The van der Waals surface area contributed by atoms with Gasteiger partial charge >= 0.3 is 0 Å². The summed E-state index contributed by atoms with van der Waals surface area (Å²) in [4.78, 5) is 0. The molecule has 0 unspecified atom stereocenters. The second kappa shape index (κ2) is 5.61. The van der Waals surface area contributed by atoms with Crippen molar-refractivity contribution in [1.29, 1.82) is 0 Å². The van der Waals surface area contributed by atoms with E-state index in [-0.39, 0.29) is 0 Å². The van der Waals surface area contributed by atoms with Gasteiger partial charge in [-0.2, -0.15) is 0 Å². The maximum Gasteiger partial charge on any atom is 0.0303 e. The molecule has 0 aromatic carbocycles. The summed E-state index contributed by atoms with van der Waals surface area (Å²) in [5.74, 6) is 0. The predicted octanol–water partition coefficient (Wildman–Crippen LogP) is 1.20. The Balaban J connectivity index is 2.27. The van der Waals surface area contributed by atoms with E-state index in [1.54, 1.807) is 0 Å². The lowest BCUT2D eigenvalue weighted by molar-refractivity contribution is 0.725. The van der Waals surface area contributed by atoms with Crippen LogP contribution in [0.25, 0.3) is 0 Å². The van der Waals surface area contributed by atoms with Gasteiger partial charge in [0, 0.05) is 18.8 Å². The molecule has 0 fully saturated rings. The largest absolute Gasteiger partial charge is 0.384 e. The highest BCUT2D eigenvalue weighted by atomic mass is 14.9. The Morgan fingerprint density at radius 3 is 3.08 bits per heavy atom. The maximum atomic E-state index is 3.33.